The van der Waals surface area contributed by atoms with E-state index < -0.39 is 6.10 Å². The number of ether oxygens (including phenoxy) is 2. The highest BCUT2D eigenvalue weighted by Gasteiger charge is 2.31. The molecule has 0 saturated carbocycles. The Kier molecular flexibility index (Phi) is 8.89. The summed E-state index contributed by atoms with van der Waals surface area (Å²) in [6, 6.07) is 13.9. The first kappa shape index (κ1) is 26.1. The van der Waals surface area contributed by atoms with E-state index in [0.29, 0.717) is 16.4 Å². The number of methoxy groups -OCH3 is 1. The van der Waals surface area contributed by atoms with Crippen LogP contribution in [0.15, 0.2) is 52.9 Å². The Morgan fingerprint density at radius 1 is 1.17 bits per heavy atom. The Hall–Kier alpha value is -3.02. The predicted octanol–water partition coefficient (Wildman–Crippen LogP) is 3.54. The predicted molar refractivity (Wildman–Crippen MR) is 135 cm³/mol. The number of carbonyl (C=O) groups is 2. The fourth-order valence-corrected chi connectivity index (χ4v) is 5.47. The van der Waals surface area contributed by atoms with Gasteiger partial charge in [0.25, 0.3) is 0 Å². The van der Waals surface area contributed by atoms with Gasteiger partial charge in [-0.2, -0.15) is 0 Å². The van der Waals surface area contributed by atoms with Crippen LogP contribution >= 0.6 is 23.1 Å². The fourth-order valence-electron chi connectivity index (χ4n) is 3.75. The van der Waals surface area contributed by atoms with Gasteiger partial charge in [0.15, 0.2) is 4.34 Å². The summed E-state index contributed by atoms with van der Waals surface area (Å²) in [7, 11) is 1.60. The van der Waals surface area contributed by atoms with Crippen LogP contribution in [0.1, 0.15) is 16.1 Å². The van der Waals surface area contributed by atoms with Gasteiger partial charge in [0.05, 0.1) is 32.1 Å². The molecule has 8 nitrogen and oxygen atoms in total. The Balaban J connectivity index is 1.47. The van der Waals surface area contributed by atoms with Crippen molar-refractivity contribution in [3.63, 3.8) is 0 Å². The monoisotopic (exact) mass is 530 g/mol. The van der Waals surface area contributed by atoms with Crippen molar-refractivity contribution in [3.8, 4) is 5.75 Å². The number of benzene rings is 2. The second-order valence-electron chi connectivity index (χ2n) is 8.30. The zero-order chi connectivity index (χ0) is 25.5. The van der Waals surface area contributed by atoms with Crippen molar-refractivity contribution in [2.75, 3.05) is 32.5 Å². The van der Waals surface area contributed by atoms with E-state index >= 15 is 0 Å². The highest BCUT2D eigenvalue weighted by Crippen LogP contribution is 2.23. The molecule has 0 spiro atoms. The number of thioether (sulfide) groups is 1. The first-order valence-electron chi connectivity index (χ1n) is 11.4. The lowest BCUT2D eigenvalue weighted by molar-refractivity contribution is -0.137. The fraction of sp³-hybridized carbons (Fsp3) is 0.360. The maximum absolute atomic E-state index is 14.1. The quantitative estimate of drug-likeness (QED) is 0.391. The van der Waals surface area contributed by atoms with Crippen molar-refractivity contribution in [2.45, 2.75) is 30.5 Å². The molecule has 0 radical (unpaired) electrons. The number of halogens is 1. The van der Waals surface area contributed by atoms with Gasteiger partial charge in [0.2, 0.25) is 11.8 Å². The number of amides is 2. The van der Waals surface area contributed by atoms with E-state index in [-0.39, 0.29) is 49.6 Å². The van der Waals surface area contributed by atoms with Crippen LogP contribution in [0.25, 0.3) is 0 Å². The van der Waals surface area contributed by atoms with Crippen LogP contribution in [0, 0.1) is 12.7 Å². The molecule has 36 heavy (non-hydrogen) atoms. The second-order valence-corrected chi connectivity index (χ2v) is 10.7. The molecule has 0 bridgehead atoms. The Bertz CT molecular complexity index is 1190. The summed E-state index contributed by atoms with van der Waals surface area (Å²) in [5, 5.41) is 8.84. The zero-order valence-electron chi connectivity index (χ0n) is 20.1. The Morgan fingerprint density at radius 2 is 1.94 bits per heavy atom. The van der Waals surface area contributed by atoms with Gasteiger partial charge in [0, 0.05) is 25.2 Å². The van der Waals surface area contributed by atoms with Gasteiger partial charge in [-0.25, -0.2) is 4.39 Å². The molecule has 1 fully saturated rings. The molecule has 1 aromatic heterocycles. The van der Waals surface area contributed by atoms with Crippen LogP contribution in [-0.2, 0) is 27.5 Å². The van der Waals surface area contributed by atoms with Gasteiger partial charge in [0.1, 0.15) is 16.6 Å². The van der Waals surface area contributed by atoms with Crippen LogP contribution < -0.4 is 4.74 Å². The maximum atomic E-state index is 14.1. The number of carbonyl (C=O) groups excluding carboxylic acids is 2. The average Bonchev–Trinajstić information content (AvgIpc) is 3.23. The molecule has 3 aromatic rings. The standard InChI is InChI=1S/C25H27FN4O4S2/c1-17-27-28-25(36-17)35-16-24(32)30-13-21(34-15-19-5-3-4-6-22(19)26)12-29(23(31)14-30)11-18-7-9-20(33-2)10-8-18/h3-10,21H,11-16H2,1-2H3. The van der Waals surface area contributed by atoms with Crippen LogP contribution in [0.3, 0.4) is 0 Å². The molecular formula is C25H27FN4O4S2. The molecule has 1 aliphatic heterocycles. The third-order valence-electron chi connectivity index (χ3n) is 5.67. The van der Waals surface area contributed by atoms with Crippen LogP contribution in [0.5, 0.6) is 5.75 Å². The van der Waals surface area contributed by atoms with Gasteiger partial charge >= 0.3 is 0 Å². The van der Waals surface area contributed by atoms with Gasteiger partial charge < -0.3 is 19.3 Å². The first-order chi connectivity index (χ1) is 17.4. The van der Waals surface area contributed by atoms with Gasteiger partial charge in [-0.05, 0) is 30.7 Å². The minimum atomic E-state index is -0.480. The zero-order valence-corrected chi connectivity index (χ0v) is 21.7. The average molecular weight is 531 g/mol. The SMILES string of the molecule is COc1ccc(CN2CC(OCc3ccccc3F)CN(C(=O)CSc3nnc(C)s3)CC2=O)cc1. The first-order valence-corrected chi connectivity index (χ1v) is 13.2. The number of aromatic nitrogens is 2. The summed E-state index contributed by atoms with van der Waals surface area (Å²) in [5.74, 6) is 0.154. The highest BCUT2D eigenvalue weighted by atomic mass is 32.2. The third-order valence-corrected chi connectivity index (χ3v) is 7.63. The Labute approximate surface area is 217 Å². The van der Waals surface area contributed by atoms with Crippen molar-refractivity contribution in [1.82, 2.24) is 20.0 Å². The lowest BCUT2D eigenvalue weighted by atomic mass is 10.2. The summed E-state index contributed by atoms with van der Waals surface area (Å²) in [6.07, 6.45) is -0.480. The minimum absolute atomic E-state index is 0.0444. The molecule has 0 aliphatic carbocycles. The summed E-state index contributed by atoms with van der Waals surface area (Å²) < 4.78 is 26.1. The van der Waals surface area contributed by atoms with Crippen molar-refractivity contribution in [2.24, 2.45) is 0 Å². The summed E-state index contributed by atoms with van der Waals surface area (Å²) in [5.41, 5.74) is 1.36. The molecule has 190 valence electrons. The molecule has 2 aromatic carbocycles. The summed E-state index contributed by atoms with van der Waals surface area (Å²) in [4.78, 5) is 29.4. The topological polar surface area (TPSA) is 84.9 Å². The van der Waals surface area contributed by atoms with E-state index in [2.05, 4.69) is 10.2 Å². The molecule has 1 atom stereocenters. The second kappa shape index (κ2) is 12.3. The maximum Gasteiger partial charge on any atom is 0.242 e. The van der Waals surface area contributed by atoms with Crippen LogP contribution in [-0.4, -0.2) is 70.4 Å². The molecule has 1 aliphatic rings. The molecular weight excluding hydrogens is 503 g/mol. The van der Waals surface area contributed by atoms with E-state index in [9.17, 15) is 14.0 Å². The van der Waals surface area contributed by atoms with Crippen LogP contribution in [0.2, 0.25) is 0 Å². The van der Waals surface area contributed by atoms with Crippen molar-refractivity contribution < 1.29 is 23.5 Å². The molecule has 4 rings (SSSR count). The van der Waals surface area contributed by atoms with E-state index in [1.54, 1.807) is 30.2 Å². The number of aryl methyl sites for hydroxylation is 1. The molecule has 2 amide bonds. The lowest BCUT2D eigenvalue weighted by Crippen LogP contribution is -2.40. The summed E-state index contributed by atoms with van der Waals surface area (Å²) in [6.45, 7) is 2.72. The van der Waals surface area contributed by atoms with E-state index in [4.69, 9.17) is 9.47 Å². The number of nitrogens with zero attached hydrogens (tertiary/aromatic N) is 4. The van der Waals surface area contributed by atoms with Gasteiger partial charge in [-0.1, -0.05) is 53.4 Å². The van der Waals surface area contributed by atoms with Gasteiger partial charge in [-0.15, -0.1) is 10.2 Å². The number of hydrogen-bond acceptors (Lipinski definition) is 8. The summed E-state index contributed by atoms with van der Waals surface area (Å²) >= 11 is 2.72. The molecule has 11 heteroatoms. The van der Waals surface area contributed by atoms with Crippen molar-refractivity contribution in [1.29, 1.82) is 0 Å². The number of rotatable bonds is 9. The molecule has 2 heterocycles. The van der Waals surface area contributed by atoms with Gasteiger partial charge in [-0.3, -0.25) is 9.59 Å². The van der Waals surface area contributed by atoms with E-state index in [1.807, 2.05) is 31.2 Å². The van der Waals surface area contributed by atoms with E-state index in [0.717, 1.165) is 16.3 Å². The lowest BCUT2D eigenvalue weighted by Gasteiger charge is -2.25. The normalized spacial score (nSPS) is 16.2. The molecule has 1 saturated heterocycles. The molecule has 0 N–H and O–H groups in total. The third kappa shape index (κ3) is 7.02. The molecule has 1 unspecified atom stereocenters. The van der Waals surface area contributed by atoms with Crippen molar-refractivity contribution in [3.05, 3.63) is 70.5 Å². The highest BCUT2D eigenvalue weighted by molar-refractivity contribution is 8.01. The van der Waals surface area contributed by atoms with E-state index in [1.165, 1.54) is 34.1 Å². The number of hydrogen-bond donors (Lipinski definition) is 0. The minimum Gasteiger partial charge on any atom is -0.497 e. The smallest absolute Gasteiger partial charge is 0.242 e. The van der Waals surface area contributed by atoms with Crippen molar-refractivity contribution >= 4 is 34.9 Å². The Morgan fingerprint density at radius 3 is 2.64 bits per heavy atom. The largest absolute Gasteiger partial charge is 0.497 e. The van der Waals surface area contributed by atoms with Crippen LogP contribution in [0.4, 0.5) is 4.39 Å².